The zero-order valence-electron chi connectivity index (χ0n) is 15.1. The fourth-order valence-corrected chi connectivity index (χ4v) is 4.22. The number of hydrogen-bond donors (Lipinski definition) is 1. The highest BCUT2D eigenvalue weighted by Crippen LogP contribution is 2.35. The third kappa shape index (κ3) is 3.72. The van der Waals surface area contributed by atoms with Crippen LogP contribution in [0.2, 0.25) is 5.02 Å². The second-order valence-corrected chi connectivity index (χ2v) is 7.65. The summed E-state index contributed by atoms with van der Waals surface area (Å²) in [5.41, 5.74) is 2.58. The molecule has 140 valence electrons. The molecule has 0 bridgehead atoms. The van der Waals surface area contributed by atoms with E-state index in [9.17, 15) is 4.79 Å². The van der Waals surface area contributed by atoms with Crippen LogP contribution in [0.1, 0.15) is 17.0 Å². The molecule has 1 heterocycles. The van der Waals surface area contributed by atoms with E-state index in [1.807, 2.05) is 66.7 Å². The lowest BCUT2D eigenvalue weighted by molar-refractivity contribution is -0.116. The molecule has 3 aromatic carbocycles. The third-order valence-electron chi connectivity index (χ3n) is 4.42. The topological polar surface area (TPSA) is 51.2 Å². The van der Waals surface area contributed by atoms with Crippen molar-refractivity contribution < 1.29 is 9.53 Å². The summed E-state index contributed by atoms with van der Waals surface area (Å²) in [6, 6.07) is 23.0. The van der Waals surface area contributed by atoms with Gasteiger partial charge >= 0.3 is 0 Å². The Hall–Kier alpha value is -2.89. The Balaban J connectivity index is 1.67. The van der Waals surface area contributed by atoms with Gasteiger partial charge in [0.05, 0.1) is 28.3 Å². The predicted octanol–water partition coefficient (Wildman–Crippen LogP) is 5.73. The average molecular weight is 409 g/mol. The Morgan fingerprint density at radius 2 is 1.64 bits per heavy atom. The minimum atomic E-state index is -0.424. The van der Waals surface area contributed by atoms with Crippen molar-refractivity contribution in [2.24, 2.45) is 0 Å². The van der Waals surface area contributed by atoms with Crippen LogP contribution in [0.4, 0.5) is 5.13 Å². The maximum atomic E-state index is 13.2. The largest absolute Gasteiger partial charge is 0.495 e. The van der Waals surface area contributed by atoms with E-state index in [0.29, 0.717) is 15.9 Å². The van der Waals surface area contributed by atoms with Gasteiger partial charge in [0.2, 0.25) is 5.91 Å². The van der Waals surface area contributed by atoms with Gasteiger partial charge in [-0.25, -0.2) is 4.98 Å². The van der Waals surface area contributed by atoms with Gasteiger partial charge in [0.15, 0.2) is 5.13 Å². The number of anilines is 1. The van der Waals surface area contributed by atoms with Crippen LogP contribution in [-0.2, 0) is 4.79 Å². The fraction of sp³-hybridized carbons (Fsp3) is 0.0909. The number of ether oxygens (including phenoxy) is 1. The Kier molecular flexibility index (Phi) is 5.28. The van der Waals surface area contributed by atoms with Gasteiger partial charge in [-0.05, 0) is 17.2 Å². The normalized spacial score (nSPS) is 11.0. The zero-order chi connectivity index (χ0) is 19.5. The van der Waals surface area contributed by atoms with E-state index in [-0.39, 0.29) is 5.91 Å². The lowest BCUT2D eigenvalue weighted by Crippen LogP contribution is -2.22. The lowest BCUT2D eigenvalue weighted by Gasteiger charge is -2.16. The van der Waals surface area contributed by atoms with Crippen molar-refractivity contribution in [3.63, 3.8) is 0 Å². The second kappa shape index (κ2) is 8.00. The molecule has 1 amide bonds. The number of benzene rings is 3. The molecule has 4 rings (SSSR count). The van der Waals surface area contributed by atoms with Crippen LogP contribution in [0, 0.1) is 0 Å². The summed E-state index contributed by atoms with van der Waals surface area (Å²) < 4.78 is 6.15. The van der Waals surface area contributed by atoms with Gasteiger partial charge in [0, 0.05) is 6.07 Å². The first-order valence-electron chi connectivity index (χ1n) is 8.70. The van der Waals surface area contributed by atoms with Crippen LogP contribution in [0.15, 0.2) is 72.8 Å². The number of nitrogens with zero attached hydrogens (tertiary/aromatic N) is 1. The van der Waals surface area contributed by atoms with Crippen molar-refractivity contribution in [1.82, 2.24) is 4.98 Å². The molecular weight excluding hydrogens is 392 g/mol. The monoisotopic (exact) mass is 408 g/mol. The number of fused-ring (bicyclic) bond motifs is 1. The van der Waals surface area contributed by atoms with Crippen LogP contribution in [0.3, 0.4) is 0 Å². The number of aromatic nitrogens is 1. The van der Waals surface area contributed by atoms with E-state index in [1.165, 1.54) is 11.3 Å². The lowest BCUT2D eigenvalue weighted by atomic mass is 9.90. The summed E-state index contributed by atoms with van der Waals surface area (Å²) in [6.07, 6.45) is 0. The van der Waals surface area contributed by atoms with Crippen LogP contribution in [0.5, 0.6) is 5.75 Å². The maximum Gasteiger partial charge on any atom is 0.238 e. The first kappa shape index (κ1) is 18.5. The molecule has 0 spiro atoms. The summed E-state index contributed by atoms with van der Waals surface area (Å²) in [5.74, 6) is 0.0317. The standard InChI is InChI=1S/C22H17ClN2O2S/c1-27-18-13-19-17(12-16(18)23)24-22(28-19)25-21(26)20(14-8-4-2-5-9-14)15-10-6-3-7-11-15/h2-13,20H,1H3,(H,24,25,26). The molecule has 28 heavy (non-hydrogen) atoms. The number of hydrogen-bond acceptors (Lipinski definition) is 4. The van der Waals surface area contributed by atoms with E-state index in [4.69, 9.17) is 16.3 Å². The molecule has 0 saturated heterocycles. The van der Waals surface area contributed by atoms with Crippen molar-refractivity contribution in [3.8, 4) is 5.75 Å². The highest BCUT2D eigenvalue weighted by atomic mass is 35.5. The van der Waals surface area contributed by atoms with Crippen LogP contribution < -0.4 is 10.1 Å². The zero-order valence-corrected chi connectivity index (χ0v) is 16.6. The molecule has 1 N–H and O–H groups in total. The molecule has 0 aliphatic carbocycles. The Bertz CT molecular complexity index is 1070. The molecule has 6 heteroatoms. The van der Waals surface area contributed by atoms with Crippen LogP contribution in [0.25, 0.3) is 10.2 Å². The molecule has 0 aliphatic heterocycles. The SMILES string of the molecule is COc1cc2sc(NC(=O)C(c3ccccc3)c3ccccc3)nc2cc1Cl. The summed E-state index contributed by atoms with van der Waals surface area (Å²) >= 11 is 7.57. The van der Waals surface area contributed by atoms with E-state index < -0.39 is 5.92 Å². The Morgan fingerprint density at radius 3 is 2.21 bits per heavy atom. The number of rotatable bonds is 5. The number of thiazole rings is 1. The molecule has 1 aromatic heterocycles. The predicted molar refractivity (Wildman–Crippen MR) is 115 cm³/mol. The van der Waals surface area contributed by atoms with Crippen LogP contribution >= 0.6 is 22.9 Å². The first-order chi connectivity index (χ1) is 13.7. The number of nitrogens with one attached hydrogen (secondary N) is 1. The van der Waals surface area contributed by atoms with Crippen molar-refractivity contribution in [3.05, 3.63) is 88.9 Å². The van der Waals surface area contributed by atoms with Crippen molar-refractivity contribution in [2.45, 2.75) is 5.92 Å². The molecule has 0 aliphatic rings. The second-order valence-electron chi connectivity index (χ2n) is 6.22. The van der Waals surface area contributed by atoms with Gasteiger partial charge in [-0.1, -0.05) is 83.6 Å². The minimum Gasteiger partial charge on any atom is -0.495 e. The number of methoxy groups -OCH3 is 1. The molecule has 4 aromatic rings. The van der Waals surface area contributed by atoms with Gasteiger partial charge in [0.25, 0.3) is 0 Å². The minimum absolute atomic E-state index is 0.130. The summed E-state index contributed by atoms with van der Waals surface area (Å²) in [5, 5.41) is 3.99. The van der Waals surface area contributed by atoms with Gasteiger partial charge in [-0.3, -0.25) is 4.79 Å². The van der Waals surface area contributed by atoms with Crippen LogP contribution in [-0.4, -0.2) is 18.0 Å². The van der Waals surface area contributed by atoms with Gasteiger partial charge in [0.1, 0.15) is 5.75 Å². The molecule has 0 unspecified atom stereocenters. The van der Waals surface area contributed by atoms with Crippen molar-refractivity contribution in [1.29, 1.82) is 0 Å². The molecule has 0 atom stereocenters. The van der Waals surface area contributed by atoms with E-state index in [2.05, 4.69) is 10.3 Å². The van der Waals surface area contributed by atoms with Gasteiger partial charge < -0.3 is 10.1 Å². The average Bonchev–Trinajstić information content (AvgIpc) is 3.10. The van der Waals surface area contributed by atoms with E-state index in [1.54, 1.807) is 13.2 Å². The molecule has 0 saturated carbocycles. The molecular formula is C22H17ClN2O2S. The quantitative estimate of drug-likeness (QED) is 0.458. The summed E-state index contributed by atoms with van der Waals surface area (Å²) in [4.78, 5) is 17.7. The van der Waals surface area contributed by atoms with Crippen molar-refractivity contribution >= 4 is 44.2 Å². The molecule has 0 radical (unpaired) electrons. The van der Waals surface area contributed by atoms with Gasteiger partial charge in [-0.15, -0.1) is 0 Å². The van der Waals surface area contributed by atoms with E-state index in [0.717, 1.165) is 21.3 Å². The number of carbonyl (C=O) groups excluding carboxylic acids is 1. The van der Waals surface area contributed by atoms with Gasteiger partial charge in [-0.2, -0.15) is 0 Å². The summed E-state index contributed by atoms with van der Waals surface area (Å²) in [6.45, 7) is 0. The highest BCUT2D eigenvalue weighted by molar-refractivity contribution is 7.22. The fourth-order valence-electron chi connectivity index (χ4n) is 3.10. The maximum absolute atomic E-state index is 13.2. The Morgan fingerprint density at radius 1 is 1.04 bits per heavy atom. The smallest absolute Gasteiger partial charge is 0.238 e. The first-order valence-corrected chi connectivity index (χ1v) is 9.90. The van der Waals surface area contributed by atoms with E-state index >= 15 is 0 Å². The third-order valence-corrected chi connectivity index (χ3v) is 5.65. The molecule has 4 nitrogen and oxygen atoms in total. The number of halogens is 1. The Labute approximate surface area is 171 Å². The molecule has 0 fully saturated rings. The summed E-state index contributed by atoms with van der Waals surface area (Å²) in [7, 11) is 1.57. The highest BCUT2D eigenvalue weighted by Gasteiger charge is 2.23. The number of carbonyl (C=O) groups is 1. The number of amides is 1. The van der Waals surface area contributed by atoms with Crippen molar-refractivity contribution in [2.75, 3.05) is 12.4 Å².